The maximum atomic E-state index is 5.60. The Bertz CT molecular complexity index is 415. The second-order valence-corrected chi connectivity index (χ2v) is 5.73. The normalized spacial score (nSPS) is 27.1. The molecule has 0 amide bonds. The number of hydrogen-bond acceptors (Lipinski definition) is 3. The molecule has 2 fully saturated rings. The van der Waals surface area contributed by atoms with Gasteiger partial charge < -0.3 is 15.4 Å². The van der Waals surface area contributed by atoms with Crippen molar-refractivity contribution in [2.75, 3.05) is 11.9 Å². The van der Waals surface area contributed by atoms with Crippen molar-refractivity contribution in [3.8, 4) is 0 Å². The molecule has 1 saturated heterocycles. The second-order valence-electron chi connectivity index (χ2n) is 5.73. The summed E-state index contributed by atoms with van der Waals surface area (Å²) in [6.07, 6.45) is 2.78. The highest BCUT2D eigenvalue weighted by atomic mass is 16.5. The lowest BCUT2D eigenvalue weighted by Gasteiger charge is -2.38. The summed E-state index contributed by atoms with van der Waals surface area (Å²) < 4.78 is 5.60. The van der Waals surface area contributed by atoms with E-state index in [1.807, 2.05) is 0 Å². The molecule has 2 N–H and O–H groups in total. The molecular formula is C15H22N2O. The Hall–Kier alpha value is -1.06. The van der Waals surface area contributed by atoms with Gasteiger partial charge in [0.05, 0.1) is 12.6 Å². The van der Waals surface area contributed by atoms with Gasteiger partial charge in [-0.05, 0) is 36.5 Å². The third-order valence-electron chi connectivity index (χ3n) is 3.71. The molecule has 1 saturated carbocycles. The monoisotopic (exact) mass is 246 g/mol. The van der Waals surface area contributed by atoms with Crippen molar-refractivity contribution in [3.63, 3.8) is 0 Å². The highest BCUT2D eigenvalue weighted by Gasteiger charge is 2.36. The minimum Gasteiger partial charge on any atom is -0.359 e. The third kappa shape index (κ3) is 2.68. The van der Waals surface area contributed by atoms with Crippen molar-refractivity contribution in [1.82, 2.24) is 5.32 Å². The quantitative estimate of drug-likeness (QED) is 0.838. The van der Waals surface area contributed by atoms with Crippen molar-refractivity contribution in [3.05, 3.63) is 29.8 Å². The zero-order chi connectivity index (χ0) is 12.5. The summed E-state index contributed by atoms with van der Waals surface area (Å²) in [7, 11) is 0. The van der Waals surface area contributed by atoms with Crippen LogP contribution in [0.5, 0.6) is 0 Å². The van der Waals surface area contributed by atoms with Crippen LogP contribution < -0.4 is 10.6 Å². The van der Waals surface area contributed by atoms with Gasteiger partial charge in [0.15, 0.2) is 0 Å². The zero-order valence-corrected chi connectivity index (χ0v) is 11.1. The van der Waals surface area contributed by atoms with Crippen molar-refractivity contribution >= 4 is 5.69 Å². The lowest BCUT2D eigenvalue weighted by molar-refractivity contribution is -0.0699. The first kappa shape index (κ1) is 12.0. The molecule has 0 bridgehead atoms. The van der Waals surface area contributed by atoms with E-state index in [0.29, 0.717) is 12.0 Å². The first-order valence-electron chi connectivity index (χ1n) is 6.96. The van der Waals surface area contributed by atoms with Gasteiger partial charge in [-0.15, -0.1) is 0 Å². The molecule has 3 heteroatoms. The van der Waals surface area contributed by atoms with E-state index in [-0.39, 0.29) is 6.23 Å². The lowest BCUT2D eigenvalue weighted by Crippen LogP contribution is -2.58. The van der Waals surface area contributed by atoms with E-state index in [2.05, 4.69) is 48.7 Å². The Kier molecular flexibility index (Phi) is 3.27. The molecule has 0 spiro atoms. The Morgan fingerprint density at radius 1 is 1.28 bits per heavy atom. The molecule has 3 rings (SSSR count). The predicted octanol–water partition coefficient (Wildman–Crippen LogP) is 2.70. The Balaban J connectivity index is 1.59. The van der Waals surface area contributed by atoms with Crippen molar-refractivity contribution in [2.45, 2.75) is 50.9 Å². The molecule has 98 valence electrons. The third-order valence-corrected chi connectivity index (χ3v) is 3.71. The first-order chi connectivity index (χ1) is 8.72. The van der Waals surface area contributed by atoms with Crippen LogP contribution in [-0.4, -0.2) is 24.9 Å². The van der Waals surface area contributed by atoms with Crippen LogP contribution >= 0.6 is 0 Å². The second kappa shape index (κ2) is 4.90. The molecule has 1 aromatic carbocycles. The summed E-state index contributed by atoms with van der Waals surface area (Å²) in [5.74, 6) is 0.564. The van der Waals surface area contributed by atoms with Gasteiger partial charge in [-0.2, -0.15) is 0 Å². The van der Waals surface area contributed by atoms with Gasteiger partial charge in [0.1, 0.15) is 6.23 Å². The van der Waals surface area contributed by atoms with Crippen molar-refractivity contribution < 1.29 is 4.74 Å². The van der Waals surface area contributed by atoms with E-state index in [0.717, 1.165) is 18.3 Å². The van der Waals surface area contributed by atoms with Crippen LogP contribution in [0, 0.1) is 0 Å². The van der Waals surface area contributed by atoms with Gasteiger partial charge in [-0.25, -0.2) is 0 Å². The summed E-state index contributed by atoms with van der Waals surface area (Å²) in [6, 6.07) is 9.84. The molecule has 0 aromatic heterocycles. The largest absolute Gasteiger partial charge is 0.359 e. The highest BCUT2D eigenvalue weighted by molar-refractivity contribution is 5.47. The predicted molar refractivity (Wildman–Crippen MR) is 73.8 cm³/mol. The fourth-order valence-corrected chi connectivity index (χ4v) is 2.27. The van der Waals surface area contributed by atoms with E-state index in [1.54, 1.807) is 0 Å². The number of ether oxygens (including phenoxy) is 1. The van der Waals surface area contributed by atoms with Gasteiger partial charge in [0.25, 0.3) is 0 Å². The van der Waals surface area contributed by atoms with Crippen LogP contribution in [0.2, 0.25) is 0 Å². The van der Waals surface area contributed by atoms with Crippen molar-refractivity contribution in [1.29, 1.82) is 0 Å². The minimum absolute atomic E-state index is 0.132. The van der Waals surface area contributed by atoms with Crippen LogP contribution in [0.25, 0.3) is 0 Å². The number of benzene rings is 1. The topological polar surface area (TPSA) is 33.3 Å². The Labute approximate surface area is 109 Å². The average Bonchev–Trinajstić information content (AvgIpc) is 3.16. The van der Waals surface area contributed by atoms with Crippen molar-refractivity contribution in [2.24, 2.45) is 0 Å². The number of anilines is 1. The molecule has 1 heterocycles. The number of rotatable bonds is 5. The van der Waals surface area contributed by atoms with Crippen LogP contribution in [0.15, 0.2) is 24.3 Å². The van der Waals surface area contributed by atoms with Crippen LogP contribution in [0.1, 0.15) is 38.2 Å². The van der Waals surface area contributed by atoms with Gasteiger partial charge >= 0.3 is 0 Å². The smallest absolute Gasteiger partial charge is 0.145 e. The molecule has 18 heavy (non-hydrogen) atoms. The molecule has 1 aliphatic heterocycles. The SMILES string of the molecule is CC(C)c1cccc(NC2OCC2NC2CC2)c1. The van der Waals surface area contributed by atoms with Crippen LogP contribution in [0.4, 0.5) is 5.69 Å². The first-order valence-corrected chi connectivity index (χ1v) is 6.96. The lowest BCUT2D eigenvalue weighted by atomic mass is 10.0. The van der Waals surface area contributed by atoms with Gasteiger partial charge in [-0.3, -0.25) is 0 Å². The zero-order valence-electron chi connectivity index (χ0n) is 11.1. The maximum Gasteiger partial charge on any atom is 0.145 e. The molecule has 2 atom stereocenters. The molecule has 0 radical (unpaired) electrons. The van der Waals surface area contributed by atoms with E-state index in [9.17, 15) is 0 Å². The summed E-state index contributed by atoms with van der Waals surface area (Å²) in [5.41, 5.74) is 2.53. The van der Waals surface area contributed by atoms with Crippen LogP contribution in [-0.2, 0) is 4.74 Å². The molecular weight excluding hydrogens is 224 g/mol. The molecule has 2 unspecified atom stereocenters. The van der Waals surface area contributed by atoms with Gasteiger partial charge in [-0.1, -0.05) is 26.0 Å². The fourth-order valence-electron chi connectivity index (χ4n) is 2.27. The highest BCUT2D eigenvalue weighted by Crippen LogP contribution is 2.25. The summed E-state index contributed by atoms with van der Waals surface area (Å²) in [5, 5.41) is 7.08. The number of hydrogen-bond donors (Lipinski definition) is 2. The Morgan fingerprint density at radius 3 is 2.72 bits per heavy atom. The molecule has 3 nitrogen and oxygen atoms in total. The molecule has 2 aliphatic rings. The van der Waals surface area contributed by atoms with E-state index in [1.165, 1.54) is 18.4 Å². The van der Waals surface area contributed by atoms with Crippen LogP contribution in [0.3, 0.4) is 0 Å². The number of nitrogens with one attached hydrogen (secondary N) is 2. The standard InChI is InChI=1S/C15H22N2O/c1-10(2)11-4-3-5-13(8-11)17-15-14(9-18-15)16-12-6-7-12/h3-5,8,10,12,14-17H,6-7,9H2,1-2H3. The molecule has 1 aliphatic carbocycles. The minimum atomic E-state index is 0.132. The molecule has 1 aromatic rings. The van der Waals surface area contributed by atoms with E-state index < -0.39 is 0 Å². The maximum absolute atomic E-state index is 5.60. The summed E-state index contributed by atoms with van der Waals surface area (Å²) in [4.78, 5) is 0. The van der Waals surface area contributed by atoms with E-state index in [4.69, 9.17) is 4.74 Å². The Morgan fingerprint density at radius 2 is 2.11 bits per heavy atom. The average molecular weight is 246 g/mol. The van der Waals surface area contributed by atoms with E-state index >= 15 is 0 Å². The fraction of sp³-hybridized carbons (Fsp3) is 0.600. The van der Waals surface area contributed by atoms with Gasteiger partial charge in [0.2, 0.25) is 0 Å². The van der Waals surface area contributed by atoms with Gasteiger partial charge in [0, 0.05) is 11.7 Å². The summed E-state index contributed by atoms with van der Waals surface area (Å²) in [6.45, 7) is 5.27. The summed E-state index contributed by atoms with van der Waals surface area (Å²) >= 11 is 0.